The van der Waals surface area contributed by atoms with Crippen molar-refractivity contribution in [2.75, 3.05) is 6.61 Å². The number of carbonyl (C=O) groups excluding carboxylic acids is 1. The van der Waals surface area contributed by atoms with Crippen LogP contribution < -0.4 is 0 Å². The summed E-state index contributed by atoms with van der Waals surface area (Å²) in [4.78, 5) is 28.5. The maximum absolute atomic E-state index is 12.5. The van der Waals surface area contributed by atoms with E-state index in [2.05, 4.69) is 4.98 Å². The Balaban J connectivity index is 1.81. The molecule has 0 saturated heterocycles. The molecule has 0 aliphatic heterocycles. The summed E-state index contributed by atoms with van der Waals surface area (Å²) in [7, 11) is 0. The number of aliphatic carboxylic acids is 1. The molecule has 2 N–H and O–H groups in total. The Bertz CT molecular complexity index is 1210. The molecule has 0 spiro atoms. The Morgan fingerprint density at radius 1 is 1.10 bits per heavy atom. The van der Waals surface area contributed by atoms with E-state index in [0.29, 0.717) is 18.8 Å². The molecule has 0 unspecified atom stereocenters. The van der Waals surface area contributed by atoms with Crippen LogP contribution in [0.4, 0.5) is 0 Å². The first-order valence-electron chi connectivity index (χ1n) is 9.33. The van der Waals surface area contributed by atoms with E-state index in [4.69, 9.17) is 9.84 Å². The van der Waals surface area contributed by atoms with E-state index in [0.717, 1.165) is 31.6 Å². The van der Waals surface area contributed by atoms with Gasteiger partial charge in [-0.1, -0.05) is 48.2 Å². The number of hydrogen-bond acceptors (Lipinski definition) is 4. The number of H-pyrrole nitrogens is 1. The fourth-order valence-electron chi connectivity index (χ4n) is 3.37. The highest BCUT2D eigenvalue weighted by Gasteiger charge is 2.21. The first kappa shape index (κ1) is 19.1. The van der Waals surface area contributed by atoms with Crippen molar-refractivity contribution in [3.63, 3.8) is 0 Å². The van der Waals surface area contributed by atoms with Crippen LogP contribution in [-0.2, 0) is 16.1 Å². The highest BCUT2D eigenvalue weighted by molar-refractivity contribution is 8.00. The van der Waals surface area contributed by atoms with Crippen molar-refractivity contribution in [2.24, 2.45) is 0 Å². The summed E-state index contributed by atoms with van der Waals surface area (Å²) in [5.74, 6) is -1.22. The van der Waals surface area contributed by atoms with Gasteiger partial charge >= 0.3 is 11.9 Å². The van der Waals surface area contributed by atoms with Crippen molar-refractivity contribution in [2.45, 2.75) is 29.7 Å². The van der Waals surface area contributed by atoms with E-state index in [1.807, 2.05) is 59.3 Å². The van der Waals surface area contributed by atoms with Crippen molar-refractivity contribution >= 4 is 45.5 Å². The number of nitrogens with zero attached hydrogens (tertiary/aromatic N) is 1. The van der Waals surface area contributed by atoms with E-state index in [1.54, 1.807) is 6.92 Å². The summed E-state index contributed by atoms with van der Waals surface area (Å²) in [5.41, 5.74) is 2.27. The number of aromatic nitrogens is 2. The molecule has 7 heteroatoms. The number of benzene rings is 2. The van der Waals surface area contributed by atoms with Crippen LogP contribution in [-0.4, -0.2) is 33.2 Å². The maximum atomic E-state index is 12.5. The van der Waals surface area contributed by atoms with Crippen molar-refractivity contribution in [1.29, 1.82) is 0 Å². The summed E-state index contributed by atoms with van der Waals surface area (Å²) < 4.78 is 7.19. The van der Waals surface area contributed by atoms with E-state index in [9.17, 15) is 9.59 Å². The molecule has 2 heterocycles. The Morgan fingerprint density at radius 2 is 1.83 bits per heavy atom. The highest BCUT2D eigenvalue weighted by atomic mass is 32.2. The van der Waals surface area contributed by atoms with Gasteiger partial charge in [0.2, 0.25) is 0 Å². The third-order valence-electron chi connectivity index (χ3n) is 4.67. The number of ether oxygens (including phenoxy) is 1. The summed E-state index contributed by atoms with van der Waals surface area (Å²) >= 11 is 1.49. The van der Waals surface area contributed by atoms with Crippen molar-refractivity contribution in [3.05, 3.63) is 60.4 Å². The molecule has 0 radical (unpaired) electrons. The van der Waals surface area contributed by atoms with Crippen LogP contribution in [0.25, 0.3) is 21.8 Å². The predicted molar refractivity (Wildman–Crippen MR) is 113 cm³/mol. The minimum atomic E-state index is -0.835. The molecular formula is C22H20N2O4S. The maximum Gasteiger partial charge on any atom is 0.355 e. The van der Waals surface area contributed by atoms with Gasteiger partial charge in [-0.25, -0.2) is 4.79 Å². The molecule has 29 heavy (non-hydrogen) atoms. The number of hydrogen-bond donors (Lipinski definition) is 2. The molecule has 0 amide bonds. The molecule has 4 rings (SSSR count). The number of para-hydroxylation sites is 2. The lowest BCUT2D eigenvalue weighted by atomic mass is 10.2. The van der Waals surface area contributed by atoms with Crippen LogP contribution in [0.1, 0.15) is 23.8 Å². The lowest BCUT2D eigenvalue weighted by molar-refractivity contribution is -0.137. The third kappa shape index (κ3) is 3.73. The largest absolute Gasteiger partial charge is 0.481 e. The summed E-state index contributed by atoms with van der Waals surface area (Å²) in [6.07, 6.45) is 2.00. The van der Waals surface area contributed by atoms with Crippen molar-refractivity contribution in [3.8, 4) is 0 Å². The SMILES string of the molecule is CCOC(=O)c1[nH]c2ccccc2c1Sc1cn(CCC(=O)O)c2ccccc12. The van der Waals surface area contributed by atoms with Gasteiger partial charge in [-0.15, -0.1) is 0 Å². The first-order chi connectivity index (χ1) is 14.1. The summed E-state index contributed by atoms with van der Waals surface area (Å²) in [5, 5.41) is 11.0. The zero-order valence-electron chi connectivity index (χ0n) is 15.8. The molecule has 0 aliphatic rings. The second-order valence-corrected chi connectivity index (χ2v) is 7.60. The molecular weight excluding hydrogens is 388 g/mol. The van der Waals surface area contributed by atoms with Gasteiger partial charge in [0.25, 0.3) is 0 Å². The van der Waals surface area contributed by atoms with Gasteiger partial charge in [0.1, 0.15) is 5.69 Å². The smallest absolute Gasteiger partial charge is 0.355 e. The topological polar surface area (TPSA) is 84.3 Å². The van der Waals surface area contributed by atoms with Gasteiger partial charge in [0.15, 0.2) is 0 Å². The Morgan fingerprint density at radius 3 is 2.59 bits per heavy atom. The quantitative estimate of drug-likeness (QED) is 0.424. The summed E-state index contributed by atoms with van der Waals surface area (Å²) in [6, 6.07) is 15.6. The van der Waals surface area contributed by atoms with E-state index in [1.165, 1.54) is 11.8 Å². The predicted octanol–water partition coefficient (Wildman–Crippen LogP) is 4.93. The second-order valence-electron chi connectivity index (χ2n) is 6.54. The number of aryl methyl sites for hydroxylation is 1. The third-order valence-corrected chi connectivity index (χ3v) is 5.84. The number of fused-ring (bicyclic) bond motifs is 2. The van der Waals surface area contributed by atoms with Gasteiger partial charge < -0.3 is 19.4 Å². The molecule has 2 aromatic heterocycles. The van der Waals surface area contributed by atoms with E-state index < -0.39 is 5.97 Å². The van der Waals surface area contributed by atoms with Gasteiger partial charge in [-0.05, 0) is 19.1 Å². The van der Waals surface area contributed by atoms with Crippen LogP contribution in [0.15, 0.2) is 64.5 Å². The molecule has 6 nitrogen and oxygen atoms in total. The zero-order chi connectivity index (χ0) is 20.4. The van der Waals surface area contributed by atoms with Gasteiger partial charge in [-0.2, -0.15) is 0 Å². The molecule has 2 aromatic carbocycles. The lowest BCUT2D eigenvalue weighted by Crippen LogP contribution is -2.06. The molecule has 4 aromatic rings. The number of carbonyl (C=O) groups is 2. The average molecular weight is 408 g/mol. The van der Waals surface area contributed by atoms with E-state index >= 15 is 0 Å². The molecule has 0 saturated carbocycles. The molecule has 0 atom stereocenters. The van der Waals surface area contributed by atoms with Crippen LogP contribution in [0.3, 0.4) is 0 Å². The van der Waals surface area contributed by atoms with Crippen LogP contribution >= 0.6 is 11.8 Å². The number of esters is 1. The number of rotatable bonds is 7. The minimum absolute atomic E-state index is 0.0456. The minimum Gasteiger partial charge on any atom is -0.481 e. The second kappa shape index (κ2) is 8.05. The number of carboxylic acid groups (broad SMARTS) is 1. The normalized spacial score (nSPS) is 11.2. The Labute approximate surface area is 171 Å². The van der Waals surface area contributed by atoms with Gasteiger partial charge in [-0.3, -0.25) is 4.79 Å². The highest BCUT2D eigenvalue weighted by Crippen LogP contribution is 2.40. The van der Waals surface area contributed by atoms with Crippen LogP contribution in [0, 0.1) is 0 Å². The summed E-state index contributed by atoms with van der Waals surface area (Å²) in [6.45, 7) is 2.46. The van der Waals surface area contributed by atoms with Crippen molar-refractivity contribution < 1.29 is 19.4 Å². The molecule has 0 bridgehead atoms. The van der Waals surface area contributed by atoms with Gasteiger partial charge in [0, 0.05) is 39.4 Å². The van der Waals surface area contributed by atoms with Crippen molar-refractivity contribution in [1.82, 2.24) is 9.55 Å². The average Bonchev–Trinajstić information content (AvgIpc) is 3.26. The number of carboxylic acids is 1. The van der Waals surface area contributed by atoms with Gasteiger partial charge in [0.05, 0.1) is 17.9 Å². The molecule has 0 aliphatic carbocycles. The standard InChI is InChI=1S/C22H20N2O4S/c1-2-28-22(27)20-21(14-7-3-5-9-16(14)23-20)29-18-13-24(12-11-19(25)26)17-10-6-4-8-15(17)18/h3-10,13,23H,2,11-12H2,1H3,(H,25,26). The number of aromatic amines is 1. The van der Waals surface area contributed by atoms with Crippen LogP contribution in [0.2, 0.25) is 0 Å². The first-order valence-corrected chi connectivity index (χ1v) is 10.2. The van der Waals surface area contributed by atoms with E-state index in [-0.39, 0.29) is 12.4 Å². The Hall–Kier alpha value is -3.19. The molecule has 0 fully saturated rings. The zero-order valence-corrected chi connectivity index (χ0v) is 16.7. The Kier molecular flexibility index (Phi) is 5.31. The fourth-order valence-corrected chi connectivity index (χ4v) is 4.58. The molecule has 148 valence electrons. The number of nitrogens with one attached hydrogen (secondary N) is 1. The fraction of sp³-hybridized carbons (Fsp3) is 0.182. The monoisotopic (exact) mass is 408 g/mol. The lowest BCUT2D eigenvalue weighted by Gasteiger charge is -2.04. The van der Waals surface area contributed by atoms with Crippen LogP contribution in [0.5, 0.6) is 0 Å².